The second-order valence-electron chi connectivity index (χ2n) is 2.87. The van der Waals surface area contributed by atoms with Crippen LogP contribution in [0.5, 0.6) is 11.5 Å². The second-order valence-corrected chi connectivity index (χ2v) is 4.49. The van der Waals surface area contributed by atoms with Gasteiger partial charge in [0.1, 0.15) is 11.5 Å². The Labute approximate surface area is 98.9 Å². The van der Waals surface area contributed by atoms with Crippen molar-refractivity contribution in [3.05, 3.63) is 24.3 Å². The first kappa shape index (κ1) is 13.3. The molecule has 1 rings (SSSR count). The normalized spacial score (nSPS) is 10.7. The Balaban J connectivity index is 2.62. The number of amides is 1. The fraction of sp³-hybridized carbons (Fsp3) is 0.222. The van der Waals surface area contributed by atoms with E-state index in [-0.39, 0.29) is 5.75 Å². The first-order valence-electron chi connectivity index (χ1n) is 4.54. The largest absolute Gasteiger partial charge is 0.497 e. The van der Waals surface area contributed by atoms with Crippen molar-refractivity contribution in [2.75, 3.05) is 14.2 Å². The van der Waals surface area contributed by atoms with Crippen LogP contribution in [-0.2, 0) is 10.2 Å². The molecule has 0 heterocycles. The van der Waals surface area contributed by atoms with Gasteiger partial charge in [0.2, 0.25) is 0 Å². The maximum absolute atomic E-state index is 11.2. The van der Waals surface area contributed by atoms with Crippen molar-refractivity contribution in [3.63, 3.8) is 0 Å². The van der Waals surface area contributed by atoms with Crippen molar-refractivity contribution in [2.45, 2.75) is 0 Å². The zero-order valence-corrected chi connectivity index (χ0v) is 10.1. The fourth-order valence-corrected chi connectivity index (χ4v) is 1.30. The summed E-state index contributed by atoms with van der Waals surface area (Å²) in [7, 11) is -1.18. The first-order chi connectivity index (χ1) is 7.96. The molecule has 8 heteroatoms. The molecule has 0 aliphatic rings. The van der Waals surface area contributed by atoms with Gasteiger partial charge in [0.15, 0.2) is 0 Å². The summed E-state index contributed by atoms with van der Waals surface area (Å²) < 4.78 is 35.1. The number of rotatable bonds is 4. The topological polar surface area (TPSA) is 93.7 Å². The number of hydrogen-bond donors (Lipinski definition) is 2. The number of carbonyl (C=O) groups is 1. The predicted octanol–water partition coefficient (Wildman–Crippen LogP) is 0.248. The molecule has 0 unspecified atom stereocenters. The van der Waals surface area contributed by atoms with Crippen LogP contribution in [-0.4, -0.2) is 28.7 Å². The Morgan fingerprint density at radius 1 is 1.18 bits per heavy atom. The SMILES string of the molecule is CNS(=O)(=O)NC(=O)Oc1ccc(OC)cc1. The summed E-state index contributed by atoms with van der Waals surface area (Å²) >= 11 is 0. The molecule has 0 radical (unpaired) electrons. The number of benzene rings is 1. The number of nitrogens with one attached hydrogen (secondary N) is 2. The summed E-state index contributed by atoms with van der Waals surface area (Å²) in [5.74, 6) is 0.801. The Morgan fingerprint density at radius 3 is 2.18 bits per heavy atom. The van der Waals surface area contributed by atoms with Crippen molar-refractivity contribution in [3.8, 4) is 11.5 Å². The average molecular weight is 260 g/mol. The van der Waals surface area contributed by atoms with Crippen LogP contribution in [0.4, 0.5) is 4.79 Å². The standard InChI is InChI=1S/C9H12N2O5S/c1-10-17(13,14)11-9(12)16-8-5-3-7(15-2)4-6-8/h3-6,10H,1-2H3,(H,11,12). The quantitative estimate of drug-likeness (QED) is 0.809. The molecule has 7 nitrogen and oxygen atoms in total. The van der Waals surface area contributed by atoms with E-state index in [2.05, 4.69) is 0 Å². The number of hydrogen-bond acceptors (Lipinski definition) is 5. The Kier molecular flexibility index (Phi) is 4.30. The van der Waals surface area contributed by atoms with Gasteiger partial charge >= 0.3 is 16.3 Å². The van der Waals surface area contributed by atoms with Crippen LogP contribution in [0.3, 0.4) is 0 Å². The lowest BCUT2D eigenvalue weighted by molar-refractivity contribution is 0.206. The Bertz CT molecular complexity index is 483. The summed E-state index contributed by atoms with van der Waals surface area (Å²) in [5.41, 5.74) is 0. The summed E-state index contributed by atoms with van der Waals surface area (Å²) in [6.07, 6.45) is -1.09. The molecule has 0 atom stereocenters. The highest BCUT2D eigenvalue weighted by molar-refractivity contribution is 7.88. The van der Waals surface area contributed by atoms with E-state index in [4.69, 9.17) is 9.47 Å². The molecule has 0 aliphatic heterocycles. The van der Waals surface area contributed by atoms with Gasteiger partial charge in [0.25, 0.3) is 0 Å². The predicted molar refractivity (Wildman–Crippen MR) is 60.1 cm³/mol. The van der Waals surface area contributed by atoms with Gasteiger partial charge in [-0.15, -0.1) is 0 Å². The molecule has 0 bridgehead atoms. The smallest absolute Gasteiger partial charge is 0.427 e. The number of ether oxygens (including phenoxy) is 2. The Morgan fingerprint density at radius 2 is 1.71 bits per heavy atom. The van der Waals surface area contributed by atoms with Gasteiger partial charge in [-0.1, -0.05) is 0 Å². The van der Waals surface area contributed by atoms with E-state index in [1.54, 1.807) is 16.9 Å². The summed E-state index contributed by atoms with van der Waals surface area (Å²) in [6.45, 7) is 0. The molecule has 0 spiro atoms. The van der Waals surface area contributed by atoms with Crippen molar-refractivity contribution in [2.24, 2.45) is 0 Å². The first-order valence-corrected chi connectivity index (χ1v) is 6.02. The molecule has 1 aromatic rings. The molecule has 17 heavy (non-hydrogen) atoms. The summed E-state index contributed by atoms with van der Waals surface area (Å²) in [6, 6.07) is 6.11. The second kappa shape index (κ2) is 5.51. The molecule has 0 fully saturated rings. The van der Waals surface area contributed by atoms with E-state index < -0.39 is 16.3 Å². The molecule has 0 aliphatic carbocycles. The zero-order valence-electron chi connectivity index (χ0n) is 9.26. The van der Waals surface area contributed by atoms with Crippen LogP contribution < -0.4 is 18.9 Å². The van der Waals surface area contributed by atoms with E-state index in [1.807, 2.05) is 4.72 Å². The minimum Gasteiger partial charge on any atom is -0.497 e. The van der Waals surface area contributed by atoms with Crippen molar-refractivity contribution in [1.82, 2.24) is 9.44 Å². The highest BCUT2D eigenvalue weighted by Crippen LogP contribution is 2.16. The molecule has 2 N–H and O–H groups in total. The molecule has 94 valence electrons. The lowest BCUT2D eigenvalue weighted by atomic mass is 10.3. The van der Waals surface area contributed by atoms with Crippen LogP contribution in [0.1, 0.15) is 0 Å². The third kappa shape index (κ3) is 4.29. The van der Waals surface area contributed by atoms with Crippen LogP contribution >= 0.6 is 0 Å². The molecular formula is C9H12N2O5S. The van der Waals surface area contributed by atoms with Crippen molar-refractivity contribution < 1.29 is 22.7 Å². The third-order valence-corrected chi connectivity index (χ3v) is 2.73. The monoisotopic (exact) mass is 260 g/mol. The van der Waals surface area contributed by atoms with Crippen LogP contribution in [0.25, 0.3) is 0 Å². The van der Waals surface area contributed by atoms with Gasteiger partial charge in [0.05, 0.1) is 7.11 Å². The van der Waals surface area contributed by atoms with Crippen molar-refractivity contribution in [1.29, 1.82) is 0 Å². The average Bonchev–Trinajstić information content (AvgIpc) is 2.29. The molecular weight excluding hydrogens is 248 g/mol. The zero-order chi connectivity index (χ0) is 12.9. The minimum atomic E-state index is -3.85. The molecule has 1 amide bonds. The molecule has 0 aromatic heterocycles. The maximum atomic E-state index is 11.2. The third-order valence-electron chi connectivity index (χ3n) is 1.76. The fourth-order valence-electron chi connectivity index (χ4n) is 0.932. The van der Waals surface area contributed by atoms with Crippen LogP contribution in [0.15, 0.2) is 24.3 Å². The van der Waals surface area contributed by atoms with E-state index in [9.17, 15) is 13.2 Å². The molecule has 0 saturated carbocycles. The molecule has 0 saturated heterocycles. The maximum Gasteiger partial charge on any atom is 0.427 e. The molecule has 1 aromatic carbocycles. The van der Waals surface area contributed by atoms with E-state index in [0.717, 1.165) is 0 Å². The van der Waals surface area contributed by atoms with Gasteiger partial charge < -0.3 is 9.47 Å². The number of carbonyl (C=O) groups excluding carboxylic acids is 1. The van der Waals surface area contributed by atoms with Gasteiger partial charge in [0, 0.05) is 7.05 Å². The minimum absolute atomic E-state index is 0.203. The van der Waals surface area contributed by atoms with Crippen LogP contribution in [0.2, 0.25) is 0 Å². The van der Waals surface area contributed by atoms with Crippen LogP contribution in [0, 0.1) is 0 Å². The highest BCUT2D eigenvalue weighted by atomic mass is 32.2. The van der Waals surface area contributed by atoms with E-state index >= 15 is 0 Å². The van der Waals surface area contributed by atoms with Gasteiger partial charge in [-0.3, -0.25) is 0 Å². The van der Waals surface area contributed by atoms with Gasteiger partial charge in [-0.25, -0.2) is 14.2 Å². The lowest BCUT2D eigenvalue weighted by Crippen LogP contribution is -2.39. The highest BCUT2D eigenvalue weighted by Gasteiger charge is 2.13. The number of methoxy groups -OCH3 is 1. The lowest BCUT2D eigenvalue weighted by Gasteiger charge is -2.06. The van der Waals surface area contributed by atoms with Gasteiger partial charge in [-0.2, -0.15) is 8.42 Å². The van der Waals surface area contributed by atoms with E-state index in [1.165, 1.54) is 26.3 Å². The summed E-state index contributed by atoms with van der Waals surface area (Å²) in [5, 5.41) is 0. The Hall–Kier alpha value is -1.80. The van der Waals surface area contributed by atoms with Gasteiger partial charge in [-0.05, 0) is 24.3 Å². The van der Waals surface area contributed by atoms with E-state index in [0.29, 0.717) is 5.75 Å². The summed E-state index contributed by atoms with van der Waals surface area (Å²) in [4.78, 5) is 11.2. The van der Waals surface area contributed by atoms with Crippen molar-refractivity contribution >= 4 is 16.3 Å².